The zero-order chi connectivity index (χ0) is 13.1. The molecule has 0 amide bonds. The van der Waals surface area contributed by atoms with Gasteiger partial charge in [-0.3, -0.25) is 4.68 Å². The Morgan fingerprint density at radius 3 is 2.78 bits per heavy atom. The van der Waals surface area contributed by atoms with Gasteiger partial charge in [-0.05, 0) is 12.1 Å². The third-order valence-corrected chi connectivity index (χ3v) is 3.44. The Hall–Kier alpha value is -1.19. The van der Waals surface area contributed by atoms with Crippen LogP contribution in [0.15, 0.2) is 30.6 Å². The summed E-state index contributed by atoms with van der Waals surface area (Å²) in [4.78, 5) is 2.13. The number of rotatable bonds is 4. The minimum atomic E-state index is 0.409. The van der Waals surface area contributed by atoms with Crippen molar-refractivity contribution < 1.29 is 0 Å². The van der Waals surface area contributed by atoms with E-state index in [-0.39, 0.29) is 0 Å². The van der Waals surface area contributed by atoms with E-state index < -0.39 is 0 Å². The standard InChI is InChI=1S/C13H15Cl2N3/c1-17(8-10-7-16-18(2)9-10)13-5-3-4-12(15)11(13)6-14/h3-5,7,9H,6,8H2,1-2H3. The molecule has 0 spiro atoms. The molecule has 0 bridgehead atoms. The van der Waals surface area contributed by atoms with Gasteiger partial charge in [-0.15, -0.1) is 11.6 Å². The monoisotopic (exact) mass is 283 g/mol. The van der Waals surface area contributed by atoms with Crippen LogP contribution in [0.25, 0.3) is 0 Å². The zero-order valence-electron chi connectivity index (χ0n) is 10.4. The van der Waals surface area contributed by atoms with Crippen molar-refractivity contribution in [1.29, 1.82) is 0 Å². The van der Waals surface area contributed by atoms with Crippen molar-refractivity contribution in [2.24, 2.45) is 7.05 Å². The van der Waals surface area contributed by atoms with E-state index in [0.717, 1.165) is 23.4 Å². The third kappa shape index (κ3) is 2.79. The number of alkyl halides is 1. The molecule has 1 aromatic heterocycles. The molecule has 0 N–H and O–H groups in total. The summed E-state index contributed by atoms with van der Waals surface area (Å²) in [7, 11) is 3.93. The SMILES string of the molecule is CN(Cc1cnn(C)c1)c1cccc(Cl)c1CCl. The fourth-order valence-corrected chi connectivity index (χ4v) is 2.54. The molecule has 96 valence electrons. The van der Waals surface area contributed by atoms with Gasteiger partial charge in [0.2, 0.25) is 0 Å². The first-order valence-electron chi connectivity index (χ1n) is 5.64. The highest BCUT2D eigenvalue weighted by atomic mass is 35.5. The van der Waals surface area contributed by atoms with Crippen LogP contribution >= 0.6 is 23.2 Å². The average molecular weight is 284 g/mol. The highest BCUT2D eigenvalue weighted by Gasteiger charge is 2.11. The van der Waals surface area contributed by atoms with Crippen molar-refractivity contribution in [3.05, 3.63) is 46.7 Å². The highest BCUT2D eigenvalue weighted by Crippen LogP contribution is 2.29. The molecule has 3 nitrogen and oxygen atoms in total. The molecular weight excluding hydrogens is 269 g/mol. The van der Waals surface area contributed by atoms with Gasteiger partial charge in [0.05, 0.1) is 12.1 Å². The van der Waals surface area contributed by atoms with E-state index in [2.05, 4.69) is 10.00 Å². The summed E-state index contributed by atoms with van der Waals surface area (Å²) in [6.45, 7) is 0.776. The number of aryl methyl sites for hydroxylation is 1. The molecule has 0 unspecified atom stereocenters. The molecule has 5 heteroatoms. The first-order valence-corrected chi connectivity index (χ1v) is 6.55. The van der Waals surface area contributed by atoms with Crippen molar-refractivity contribution in [2.75, 3.05) is 11.9 Å². The second kappa shape index (κ2) is 5.63. The van der Waals surface area contributed by atoms with Gasteiger partial charge in [0.15, 0.2) is 0 Å². The van der Waals surface area contributed by atoms with Crippen LogP contribution in [-0.4, -0.2) is 16.8 Å². The molecule has 2 aromatic rings. The van der Waals surface area contributed by atoms with Gasteiger partial charge < -0.3 is 4.90 Å². The Bertz CT molecular complexity index is 537. The number of nitrogens with zero attached hydrogens (tertiary/aromatic N) is 3. The first-order chi connectivity index (χ1) is 8.61. The fourth-order valence-electron chi connectivity index (χ4n) is 1.95. The Balaban J connectivity index is 2.23. The van der Waals surface area contributed by atoms with Crippen LogP contribution in [0.4, 0.5) is 5.69 Å². The van der Waals surface area contributed by atoms with E-state index in [9.17, 15) is 0 Å². The van der Waals surface area contributed by atoms with Crippen LogP contribution in [0.5, 0.6) is 0 Å². The largest absolute Gasteiger partial charge is 0.370 e. The minimum Gasteiger partial charge on any atom is -0.370 e. The lowest BCUT2D eigenvalue weighted by Crippen LogP contribution is -2.17. The van der Waals surface area contributed by atoms with Gasteiger partial charge in [-0.2, -0.15) is 5.10 Å². The van der Waals surface area contributed by atoms with Crippen molar-refractivity contribution >= 4 is 28.9 Å². The maximum absolute atomic E-state index is 6.15. The molecule has 0 aliphatic heterocycles. The predicted octanol–water partition coefficient (Wildman–Crippen LogP) is 3.45. The summed E-state index contributed by atoms with van der Waals surface area (Å²) < 4.78 is 1.80. The number of hydrogen-bond acceptors (Lipinski definition) is 2. The summed E-state index contributed by atoms with van der Waals surface area (Å²) in [6, 6.07) is 5.83. The van der Waals surface area contributed by atoms with Gasteiger partial charge in [0.1, 0.15) is 0 Å². The Morgan fingerprint density at radius 2 is 2.17 bits per heavy atom. The summed E-state index contributed by atoms with van der Waals surface area (Å²) >= 11 is 12.1. The van der Waals surface area contributed by atoms with Crippen LogP contribution in [0.1, 0.15) is 11.1 Å². The molecule has 0 aliphatic rings. The molecule has 18 heavy (non-hydrogen) atoms. The van der Waals surface area contributed by atoms with Gasteiger partial charge in [0, 0.05) is 48.7 Å². The number of benzene rings is 1. The van der Waals surface area contributed by atoms with Crippen LogP contribution in [-0.2, 0) is 19.5 Å². The molecular formula is C13H15Cl2N3. The van der Waals surface area contributed by atoms with Gasteiger partial charge >= 0.3 is 0 Å². The summed E-state index contributed by atoms with van der Waals surface area (Å²) in [5, 5.41) is 4.87. The fraction of sp³-hybridized carbons (Fsp3) is 0.308. The molecule has 1 aromatic carbocycles. The predicted molar refractivity (Wildman–Crippen MR) is 76.3 cm³/mol. The summed E-state index contributed by atoms with van der Waals surface area (Å²) in [5.41, 5.74) is 3.18. The van der Waals surface area contributed by atoms with E-state index in [1.54, 1.807) is 4.68 Å². The average Bonchev–Trinajstić information content (AvgIpc) is 2.74. The highest BCUT2D eigenvalue weighted by molar-refractivity contribution is 6.32. The van der Waals surface area contributed by atoms with Crippen LogP contribution < -0.4 is 4.90 Å². The second-order valence-electron chi connectivity index (χ2n) is 4.25. The van der Waals surface area contributed by atoms with E-state index in [4.69, 9.17) is 23.2 Å². The molecule has 0 atom stereocenters. The number of halogens is 2. The van der Waals surface area contributed by atoms with E-state index >= 15 is 0 Å². The van der Waals surface area contributed by atoms with Crippen molar-refractivity contribution in [3.63, 3.8) is 0 Å². The van der Waals surface area contributed by atoms with E-state index in [1.807, 2.05) is 44.7 Å². The first kappa shape index (κ1) is 13.2. The summed E-state index contributed by atoms with van der Waals surface area (Å²) in [5.74, 6) is 0.409. The molecule has 2 rings (SSSR count). The van der Waals surface area contributed by atoms with Gasteiger partial charge in [-0.1, -0.05) is 17.7 Å². The quantitative estimate of drug-likeness (QED) is 0.802. The third-order valence-electron chi connectivity index (χ3n) is 2.82. The molecule has 0 aliphatic carbocycles. The van der Waals surface area contributed by atoms with Crippen molar-refractivity contribution in [1.82, 2.24) is 9.78 Å². The van der Waals surface area contributed by atoms with E-state index in [1.165, 1.54) is 0 Å². The Morgan fingerprint density at radius 1 is 1.39 bits per heavy atom. The van der Waals surface area contributed by atoms with Crippen molar-refractivity contribution in [2.45, 2.75) is 12.4 Å². The summed E-state index contributed by atoms with van der Waals surface area (Å²) in [6.07, 6.45) is 3.86. The lowest BCUT2D eigenvalue weighted by molar-refractivity contribution is 0.766. The lowest BCUT2D eigenvalue weighted by atomic mass is 10.1. The number of anilines is 1. The van der Waals surface area contributed by atoms with Crippen LogP contribution in [0.3, 0.4) is 0 Å². The topological polar surface area (TPSA) is 21.1 Å². The number of aromatic nitrogens is 2. The van der Waals surface area contributed by atoms with Gasteiger partial charge in [-0.25, -0.2) is 0 Å². The number of hydrogen-bond donors (Lipinski definition) is 0. The molecule has 0 fully saturated rings. The van der Waals surface area contributed by atoms with Gasteiger partial charge in [0.25, 0.3) is 0 Å². The molecule has 1 heterocycles. The minimum absolute atomic E-state index is 0.409. The Kier molecular flexibility index (Phi) is 4.15. The maximum Gasteiger partial charge on any atom is 0.0539 e. The normalized spacial score (nSPS) is 10.7. The molecule has 0 saturated heterocycles. The van der Waals surface area contributed by atoms with Crippen LogP contribution in [0, 0.1) is 0 Å². The zero-order valence-corrected chi connectivity index (χ0v) is 11.9. The lowest BCUT2D eigenvalue weighted by Gasteiger charge is -2.21. The van der Waals surface area contributed by atoms with E-state index in [0.29, 0.717) is 10.9 Å². The Labute approximate surface area is 117 Å². The smallest absolute Gasteiger partial charge is 0.0539 e. The molecule has 0 radical (unpaired) electrons. The van der Waals surface area contributed by atoms with Crippen molar-refractivity contribution in [3.8, 4) is 0 Å². The molecule has 0 saturated carbocycles. The van der Waals surface area contributed by atoms with Crippen LogP contribution in [0.2, 0.25) is 5.02 Å². The maximum atomic E-state index is 6.15. The second-order valence-corrected chi connectivity index (χ2v) is 4.92.